The summed E-state index contributed by atoms with van der Waals surface area (Å²) >= 11 is 0. The molecule has 0 spiro atoms. The van der Waals surface area contributed by atoms with Crippen molar-refractivity contribution >= 4 is 11.7 Å². The molecule has 1 aromatic carbocycles. The molecule has 0 saturated heterocycles. The Kier molecular flexibility index (Phi) is 6.49. The van der Waals surface area contributed by atoms with Crippen molar-refractivity contribution in [3.8, 4) is 0 Å². The first-order valence-corrected chi connectivity index (χ1v) is 7.25. The molecular formula is C16H24FNO2. The maximum absolute atomic E-state index is 13.1. The van der Waals surface area contributed by atoms with E-state index in [1.807, 2.05) is 0 Å². The summed E-state index contributed by atoms with van der Waals surface area (Å²) in [5.74, 6) is -1.28. The molecule has 0 bridgehead atoms. The van der Waals surface area contributed by atoms with Gasteiger partial charge in [0.15, 0.2) is 0 Å². The summed E-state index contributed by atoms with van der Waals surface area (Å²) in [6.07, 6.45) is 5.89. The number of anilines is 1. The van der Waals surface area contributed by atoms with Crippen LogP contribution in [0.25, 0.3) is 0 Å². The number of halogens is 1. The second-order valence-corrected chi connectivity index (χ2v) is 5.44. The molecule has 2 N–H and O–H groups in total. The number of carboxylic acid groups (broad SMARTS) is 1. The molecule has 1 atom stereocenters. The van der Waals surface area contributed by atoms with Gasteiger partial charge in [0.25, 0.3) is 0 Å². The third-order valence-corrected chi connectivity index (χ3v) is 3.50. The number of unbranched alkanes of at least 4 members (excludes halogenated alkanes) is 4. The Morgan fingerprint density at radius 2 is 2.00 bits per heavy atom. The van der Waals surface area contributed by atoms with Crippen LogP contribution in [0, 0.1) is 5.82 Å². The zero-order chi connectivity index (χ0) is 15.0. The SMILES string of the molecule is CCCCCCCC(C)(Nc1cccc(F)c1)C(=O)O. The van der Waals surface area contributed by atoms with E-state index < -0.39 is 11.5 Å². The lowest BCUT2D eigenvalue weighted by Crippen LogP contribution is -2.43. The van der Waals surface area contributed by atoms with Crippen LogP contribution in [0.4, 0.5) is 10.1 Å². The number of aliphatic carboxylic acids is 1. The van der Waals surface area contributed by atoms with Gasteiger partial charge >= 0.3 is 5.97 Å². The Bertz CT molecular complexity index is 436. The van der Waals surface area contributed by atoms with Crippen molar-refractivity contribution in [1.82, 2.24) is 0 Å². The van der Waals surface area contributed by atoms with Gasteiger partial charge in [0.2, 0.25) is 0 Å². The van der Waals surface area contributed by atoms with E-state index in [1.165, 1.54) is 18.6 Å². The number of carbonyl (C=O) groups is 1. The maximum atomic E-state index is 13.1. The Morgan fingerprint density at radius 3 is 2.60 bits per heavy atom. The summed E-state index contributed by atoms with van der Waals surface area (Å²) in [5.41, 5.74) is -0.552. The molecule has 4 heteroatoms. The van der Waals surface area contributed by atoms with Gasteiger partial charge in [-0.1, -0.05) is 45.1 Å². The molecule has 0 saturated carbocycles. The van der Waals surface area contributed by atoms with Crippen LogP contribution >= 0.6 is 0 Å². The van der Waals surface area contributed by atoms with E-state index in [2.05, 4.69) is 12.2 Å². The van der Waals surface area contributed by atoms with E-state index >= 15 is 0 Å². The Labute approximate surface area is 120 Å². The zero-order valence-corrected chi connectivity index (χ0v) is 12.3. The summed E-state index contributed by atoms with van der Waals surface area (Å²) in [5, 5.41) is 12.4. The van der Waals surface area contributed by atoms with Crippen LogP contribution in [0.3, 0.4) is 0 Å². The number of hydrogen-bond donors (Lipinski definition) is 2. The molecule has 0 fully saturated rings. The van der Waals surface area contributed by atoms with E-state index in [1.54, 1.807) is 19.1 Å². The molecule has 0 aliphatic heterocycles. The molecule has 0 aliphatic rings. The van der Waals surface area contributed by atoms with Gasteiger partial charge < -0.3 is 10.4 Å². The minimum atomic E-state index is -1.06. The van der Waals surface area contributed by atoms with Crippen molar-refractivity contribution in [2.45, 2.75) is 57.9 Å². The van der Waals surface area contributed by atoms with Crippen LogP contribution in [-0.4, -0.2) is 16.6 Å². The second kappa shape index (κ2) is 7.88. The van der Waals surface area contributed by atoms with Crippen LogP contribution in [0.15, 0.2) is 24.3 Å². The van der Waals surface area contributed by atoms with Gasteiger partial charge in [-0.2, -0.15) is 0 Å². The van der Waals surface area contributed by atoms with Crippen molar-refractivity contribution in [1.29, 1.82) is 0 Å². The monoisotopic (exact) mass is 281 g/mol. The molecule has 0 heterocycles. The van der Waals surface area contributed by atoms with Crippen molar-refractivity contribution in [2.24, 2.45) is 0 Å². The third kappa shape index (κ3) is 5.19. The van der Waals surface area contributed by atoms with E-state index in [0.717, 1.165) is 25.7 Å². The van der Waals surface area contributed by atoms with Gasteiger partial charge in [-0.3, -0.25) is 0 Å². The molecule has 1 rings (SSSR count). The van der Waals surface area contributed by atoms with E-state index in [-0.39, 0.29) is 5.82 Å². The lowest BCUT2D eigenvalue weighted by Gasteiger charge is -2.27. The third-order valence-electron chi connectivity index (χ3n) is 3.50. The normalized spacial score (nSPS) is 13.8. The first kappa shape index (κ1) is 16.5. The molecule has 0 radical (unpaired) electrons. The quantitative estimate of drug-likeness (QED) is 0.658. The standard InChI is InChI=1S/C16H24FNO2/c1-3-4-5-6-7-11-16(2,15(19)20)18-14-10-8-9-13(17)12-14/h8-10,12,18H,3-7,11H2,1-2H3,(H,19,20). The van der Waals surface area contributed by atoms with Crippen LogP contribution < -0.4 is 5.32 Å². The second-order valence-electron chi connectivity index (χ2n) is 5.44. The highest BCUT2D eigenvalue weighted by molar-refractivity contribution is 5.82. The van der Waals surface area contributed by atoms with Gasteiger partial charge in [0.05, 0.1) is 0 Å². The molecule has 0 aromatic heterocycles. The predicted molar refractivity (Wildman–Crippen MR) is 79.4 cm³/mol. The van der Waals surface area contributed by atoms with Gasteiger partial charge in [-0.15, -0.1) is 0 Å². The Balaban J connectivity index is 2.60. The predicted octanol–water partition coefficient (Wildman–Crippen LogP) is 4.44. The highest BCUT2D eigenvalue weighted by atomic mass is 19.1. The molecule has 20 heavy (non-hydrogen) atoms. The molecule has 0 amide bonds. The van der Waals surface area contributed by atoms with Crippen LogP contribution in [-0.2, 0) is 4.79 Å². The highest BCUT2D eigenvalue weighted by Gasteiger charge is 2.32. The lowest BCUT2D eigenvalue weighted by molar-refractivity contribution is -0.142. The molecule has 1 aromatic rings. The first-order chi connectivity index (χ1) is 9.48. The van der Waals surface area contributed by atoms with Gasteiger partial charge in [-0.25, -0.2) is 9.18 Å². The summed E-state index contributed by atoms with van der Waals surface area (Å²) in [6.45, 7) is 3.80. The average molecular weight is 281 g/mol. The number of benzene rings is 1. The lowest BCUT2D eigenvalue weighted by atomic mass is 9.93. The van der Waals surface area contributed by atoms with E-state index in [0.29, 0.717) is 12.1 Å². The Hall–Kier alpha value is -1.58. The fourth-order valence-electron chi connectivity index (χ4n) is 2.19. The number of rotatable bonds is 9. The topological polar surface area (TPSA) is 49.3 Å². The van der Waals surface area contributed by atoms with Gasteiger partial charge in [0.1, 0.15) is 11.4 Å². The fraction of sp³-hybridized carbons (Fsp3) is 0.562. The molecule has 0 aliphatic carbocycles. The Morgan fingerprint density at radius 1 is 1.30 bits per heavy atom. The number of carboxylic acids is 1. The minimum Gasteiger partial charge on any atom is -0.480 e. The molecule has 3 nitrogen and oxygen atoms in total. The van der Waals surface area contributed by atoms with E-state index in [4.69, 9.17) is 0 Å². The number of nitrogens with one attached hydrogen (secondary N) is 1. The van der Waals surface area contributed by atoms with Crippen molar-refractivity contribution in [3.05, 3.63) is 30.1 Å². The summed E-state index contributed by atoms with van der Waals surface area (Å²) < 4.78 is 13.1. The summed E-state index contributed by atoms with van der Waals surface area (Å²) in [6, 6.07) is 5.91. The average Bonchev–Trinajstić information content (AvgIpc) is 2.38. The minimum absolute atomic E-state index is 0.370. The van der Waals surface area contributed by atoms with Crippen LogP contribution in [0.1, 0.15) is 52.4 Å². The molecule has 1 unspecified atom stereocenters. The summed E-state index contributed by atoms with van der Waals surface area (Å²) in [7, 11) is 0. The van der Waals surface area contributed by atoms with Gasteiger partial charge in [-0.05, 0) is 31.5 Å². The molecule has 112 valence electrons. The largest absolute Gasteiger partial charge is 0.480 e. The highest BCUT2D eigenvalue weighted by Crippen LogP contribution is 2.22. The maximum Gasteiger partial charge on any atom is 0.329 e. The first-order valence-electron chi connectivity index (χ1n) is 7.25. The molecular weight excluding hydrogens is 257 g/mol. The van der Waals surface area contributed by atoms with Gasteiger partial charge in [0, 0.05) is 5.69 Å². The van der Waals surface area contributed by atoms with E-state index in [9.17, 15) is 14.3 Å². The van der Waals surface area contributed by atoms with Crippen LogP contribution in [0.5, 0.6) is 0 Å². The van der Waals surface area contributed by atoms with Crippen LogP contribution in [0.2, 0.25) is 0 Å². The smallest absolute Gasteiger partial charge is 0.329 e. The summed E-state index contributed by atoms with van der Waals surface area (Å²) in [4.78, 5) is 11.5. The zero-order valence-electron chi connectivity index (χ0n) is 12.3. The fourth-order valence-corrected chi connectivity index (χ4v) is 2.19. The van der Waals surface area contributed by atoms with Crippen molar-refractivity contribution in [3.63, 3.8) is 0 Å². The van der Waals surface area contributed by atoms with Crippen molar-refractivity contribution < 1.29 is 14.3 Å². The van der Waals surface area contributed by atoms with Crippen molar-refractivity contribution in [2.75, 3.05) is 5.32 Å². The number of hydrogen-bond acceptors (Lipinski definition) is 2.